The van der Waals surface area contributed by atoms with Crippen molar-refractivity contribution in [3.8, 4) is 0 Å². The van der Waals surface area contributed by atoms with E-state index in [9.17, 15) is 4.79 Å². The molecule has 4 fully saturated rings. The molecule has 2 atom stereocenters. The van der Waals surface area contributed by atoms with Crippen molar-refractivity contribution in [1.29, 1.82) is 0 Å². The highest BCUT2D eigenvalue weighted by atomic mass is 35.5. The minimum atomic E-state index is -0.152. The third-order valence-corrected chi connectivity index (χ3v) is 7.33. The number of carbonyl (C=O) groups is 1. The van der Waals surface area contributed by atoms with Gasteiger partial charge in [-0.15, -0.1) is 0 Å². The van der Waals surface area contributed by atoms with E-state index in [4.69, 9.17) is 11.6 Å². The van der Waals surface area contributed by atoms with Crippen LogP contribution in [-0.2, 0) is 17.9 Å². The largest absolute Gasteiger partial charge is 0.339 e. The Bertz CT molecular complexity index is 694. The van der Waals surface area contributed by atoms with Gasteiger partial charge in [0, 0.05) is 13.6 Å². The number of halogens is 1. The van der Waals surface area contributed by atoms with Gasteiger partial charge in [0.1, 0.15) is 0 Å². The van der Waals surface area contributed by atoms with E-state index in [0.717, 1.165) is 37.4 Å². The van der Waals surface area contributed by atoms with Crippen LogP contribution in [-0.4, -0.2) is 27.6 Å². The molecular weight excluding hydrogens is 334 g/mol. The van der Waals surface area contributed by atoms with E-state index in [1.54, 1.807) is 6.20 Å². The maximum Gasteiger partial charge on any atom is 0.228 e. The van der Waals surface area contributed by atoms with Crippen LogP contribution in [0.25, 0.3) is 0 Å². The third kappa shape index (κ3) is 2.72. The molecule has 1 amide bonds. The number of aromatic nitrogens is 2. The van der Waals surface area contributed by atoms with Crippen LogP contribution in [0.2, 0.25) is 5.02 Å². The first-order chi connectivity index (χ1) is 11.7. The first-order valence-corrected chi connectivity index (χ1v) is 10.0. The van der Waals surface area contributed by atoms with Crippen molar-refractivity contribution in [3.05, 3.63) is 16.9 Å². The van der Waals surface area contributed by atoms with Crippen LogP contribution in [0, 0.1) is 22.2 Å². The van der Waals surface area contributed by atoms with E-state index in [0.29, 0.717) is 28.3 Å². The van der Waals surface area contributed by atoms with Gasteiger partial charge in [-0.25, -0.2) is 0 Å². The van der Waals surface area contributed by atoms with Crippen molar-refractivity contribution < 1.29 is 4.79 Å². The number of amides is 1. The zero-order chi connectivity index (χ0) is 18.0. The van der Waals surface area contributed by atoms with Gasteiger partial charge < -0.3 is 4.90 Å². The van der Waals surface area contributed by atoms with Crippen LogP contribution in [0.3, 0.4) is 0 Å². The zero-order valence-electron chi connectivity index (χ0n) is 15.9. The number of rotatable bonds is 4. The van der Waals surface area contributed by atoms with Crippen molar-refractivity contribution in [2.45, 2.75) is 72.4 Å². The standard InChI is InChI=1S/C20H30ClN3O/c1-5-24-16(15(21)9-22-24)10-23(4)17(25)20-8-14-6-18(2,12-20)11-19(3,7-14)13-20/h9,14H,5-8,10-13H2,1-4H3/t14?,18-,19-,20?/m0/s1. The van der Waals surface area contributed by atoms with Gasteiger partial charge in [-0.2, -0.15) is 5.10 Å². The molecule has 1 aromatic heterocycles. The molecule has 138 valence electrons. The first-order valence-electron chi connectivity index (χ1n) is 9.63. The van der Waals surface area contributed by atoms with Gasteiger partial charge in [0.15, 0.2) is 0 Å². The molecule has 0 radical (unpaired) electrons. The van der Waals surface area contributed by atoms with Crippen molar-refractivity contribution in [2.24, 2.45) is 22.2 Å². The number of nitrogens with zero attached hydrogens (tertiary/aromatic N) is 3. The minimum Gasteiger partial charge on any atom is -0.339 e. The summed E-state index contributed by atoms with van der Waals surface area (Å²) in [4.78, 5) is 15.5. The highest BCUT2D eigenvalue weighted by molar-refractivity contribution is 6.31. The molecule has 0 N–H and O–H groups in total. The lowest BCUT2D eigenvalue weighted by atomic mass is 9.40. The molecule has 4 nitrogen and oxygen atoms in total. The van der Waals surface area contributed by atoms with E-state index in [1.807, 2.05) is 16.6 Å². The Morgan fingerprint density at radius 1 is 1.28 bits per heavy atom. The Hall–Kier alpha value is -1.03. The summed E-state index contributed by atoms with van der Waals surface area (Å²) in [5.74, 6) is 1.06. The number of aryl methyl sites for hydroxylation is 1. The fourth-order valence-corrected chi connectivity index (χ4v) is 7.41. The molecule has 1 heterocycles. The van der Waals surface area contributed by atoms with Gasteiger partial charge in [0.05, 0.1) is 28.9 Å². The minimum absolute atomic E-state index is 0.152. The molecule has 0 unspecified atom stereocenters. The second kappa shape index (κ2) is 5.48. The average Bonchev–Trinajstić information content (AvgIpc) is 2.83. The fourth-order valence-electron chi connectivity index (χ4n) is 7.21. The van der Waals surface area contributed by atoms with E-state index >= 15 is 0 Å². The average molecular weight is 364 g/mol. The molecule has 4 aliphatic rings. The van der Waals surface area contributed by atoms with Crippen molar-refractivity contribution in [2.75, 3.05) is 7.05 Å². The Balaban J connectivity index is 1.59. The lowest BCUT2D eigenvalue weighted by Crippen LogP contribution is -2.59. The summed E-state index contributed by atoms with van der Waals surface area (Å²) in [5.41, 5.74) is 1.50. The normalized spacial score (nSPS) is 39.0. The molecule has 4 bridgehead atoms. The highest BCUT2D eigenvalue weighted by Gasteiger charge is 2.63. The summed E-state index contributed by atoms with van der Waals surface area (Å²) in [6.45, 7) is 8.20. The van der Waals surface area contributed by atoms with Crippen LogP contribution in [0.4, 0.5) is 0 Å². The third-order valence-electron chi connectivity index (χ3n) is 7.01. The monoisotopic (exact) mass is 363 g/mol. The Morgan fingerprint density at radius 2 is 1.92 bits per heavy atom. The van der Waals surface area contributed by atoms with Gasteiger partial charge in [0.2, 0.25) is 5.91 Å². The maximum atomic E-state index is 13.6. The van der Waals surface area contributed by atoms with Gasteiger partial charge in [-0.1, -0.05) is 25.4 Å². The fraction of sp³-hybridized carbons (Fsp3) is 0.800. The quantitative estimate of drug-likeness (QED) is 0.789. The lowest BCUT2D eigenvalue weighted by Gasteiger charge is -2.65. The summed E-state index contributed by atoms with van der Waals surface area (Å²) in [7, 11) is 1.94. The summed E-state index contributed by atoms with van der Waals surface area (Å²) in [6, 6.07) is 0. The molecular formula is C20H30ClN3O. The summed E-state index contributed by atoms with van der Waals surface area (Å²) in [5, 5.41) is 4.97. The molecule has 25 heavy (non-hydrogen) atoms. The highest BCUT2D eigenvalue weighted by Crippen LogP contribution is 2.69. The molecule has 0 spiro atoms. The molecule has 0 aromatic carbocycles. The lowest BCUT2D eigenvalue weighted by molar-refractivity contribution is -0.178. The number of carbonyl (C=O) groups excluding carboxylic acids is 1. The van der Waals surface area contributed by atoms with Crippen LogP contribution < -0.4 is 0 Å². The van der Waals surface area contributed by atoms with E-state index in [-0.39, 0.29) is 5.41 Å². The van der Waals surface area contributed by atoms with Crippen molar-refractivity contribution in [3.63, 3.8) is 0 Å². The topological polar surface area (TPSA) is 38.1 Å². The number of hydrogen-bond donors (Lipinski definition) is 0. The summed E-state index contributed by atoms with van der Waals surface area (Å²) < 4.78 is 1.90. The molecule has 0 saturated heterocycles. The summed E-state index contributed by atoms with van der Waals surface area (Å²) in [6.07, 6.45) is 8.83. The molecule has 1 aromatic rings. The molecule has 4 saturated carbocycles. The van der Waals surface area contributed by atoms with E-state index in [2.05, 4.69) is 25.9 Å². The SMILES string of the molecule is CCn1ncc(Cl)c1CN(C)C(=O)C12CC3C[C@](C)(C1)C[C@](C)(C3)C2. The summed E-state index contributed by atoms with van der Waals surface area (Å²) >= 11 is 6.31. The van der Waals surface area contributed by atoms with Crippen LogP contribution >= 0.6 is 11.6 Å². The van der Waals surface area contributed by atoms with Crippen molar-refractivity contribution in [1.82, 2.24) is 14.7 Å². The molecule has 5 heteroatoms. The molecule has 0 aliphatic heterocycles. The predicted molar refractivity (Wildman–Crippen MR) is 99.2 cm³/mol. The van der Waals surface area contributed by atoms with Gasteiger partial charge in [-0.05, 0) is 62.2 Å². The number of hydrogen-bond acceptors (Lipinski definition) is 2. The van der Waals surface area contributed by atoms with Crippen molar-refractivity contribution >= 4 is 17.5 Å². The molecule has 5 rings (SSSR count). The van der Waals surface area contributed by atoms with Crippen LogP contribution in [0.1, 0.15) is 65.0 Å². The van der Waals surface area contributed by atoms with Gasteiger partial charge >= 0.3 is 0 Å². The smallest absolute Gasteiger partial charge is 0.228 e. The Labute approximate surface area is 155 Å². The van der Waals surface area contributed by atoms with Gasteiger partial charge in [-0.3, -0.25) is 9.48 Å². The maximum absolute atomic E-state index is 13.6. The second-order valence-corrected chi connectivity index (χ2v) is 10.2. The van der Waals surface area contributed by atoms with E-state index in [1.165, 1.54) is 19.3 Å². The Morgan fingerprint density at radius 3 is 2.48 bits per heavy atom. The first kappa shape index (κ1) is 17.4. The van der Waals surface area contributed by atoms with E-state index < -0.39 is 0 Å². The second-order valence-electron chi connectivity index (χ2n) is 9.83. The molecule has 4 aliphatic carbocycles. The van der Waals surface area contributed by atoms with Crippen LogP contribution in [0.15, 0.2) is 6.20 Å². The predicted octanol–water partition coefficient (Wildman–Crippen LogP) is 4.51. The van der Waals surface area contributed by atoms with Crippen LogP contribution in [0.5, 0.6) is 0 Å². The zero-order valence-corrected chi connectivity index (χ0v) is 16.7. The Kier molecular flexibility index (Phi) is 3.81. The van der Waals surface area contributed by atoms with Gasteiger partial charge in [0.25, 0.3) is 0 Å².